The predicted octanol–water partition coefficient (Wildman–Crippen LogP) is 4.68. The van der Waals surface area contributed by atoms with Gasteiger partial charge in [-0.3, -0.25) is 4.98 Å². The fourth-order valence-corrected chi connectivity index (χ4v) is 2.67. The number of rotatable bonds is 5. The molecule has 0 atom stereocenters. The van der Waals surface area contributed by atoms with Gasteiger partial charge in [-0.05, 0) is 54.2 Å². The zero-order valence-corrected chi connectivity index (χ0v) is 15.0. The molecule has 4 rings (SSSR count). The number of para-hydroxylation sites is 1. The molecular formula is C20H15N5OS. The molecule has 27 heavy (non-hydrogen) atoms. The van der Waals surface area contributed by atoms with Gasteiger partial charge in [-0.2, -0.15) is 14.9 Å². The first-order chi connectivity index (χ1) is 13.3. The van der Waals surface area contributed by atoms with Crippen molar-refractivity contribution in [3.05, 3.63) is 89.5 Å². The Morgan fingerprint density at radius 3 is 2.56 bits per heavy atom. The summed E-state index contributed by atoms with van der Waals surface area (Å²) in [4.78, 5) is 4.02. The molecule has 0 bridgehead atoms. The summed E-state index contributed by atoms with van der Waals surface area (Å²) >= 11 is 5.29. The minimum Gasteiger partial charge on any atom is -0.457 e. The van der Waals surface area contributed by atoms with Crippen LogP contribution in [0.5, 0.6) is 11.5 Å². The van der Waals surface area contributed by atoms with Crippen molar-refractivity contribution >= 4 is 18.4 Å². The fourth-order valence-electron chi connectivity index (χ4n) is 2.49. The van der Waals surface area contributed by atoms with Crippen molar-refractivity contribution in [2.24, 2.45) is 5.10 Å². The molecule has 0 saturated heterocycles. The zero-order chi connectivity index (χ0) is 18.5. The normalized spacial score (nSPS) is 11.0. The highest BCUT2D eigenvalue weighted by Gasteiger charge is 2.07. The number of benzene rings is 2. The van der Waals surface area contributed by atoms with Crippen molar-refractivity contribution in [2.45, 2.75) is 0 Å². The van der Waals surface area contributed by atoms with Gasteiger partial charge in [0.05, 0.1) is 6.21 Å². The summed E-state index contributed by atoms with van der Waals surface area (Å²) < 4.78 is 7.85. The molecule has 2 aromatic heterocycles. The number of nitrogens with zero attached hydrogens (tertiary/aromatic N) is 4. The van der Waals surface area contributed by atoms with Gasteiger partial charge in [0.1, 0.15) is 11.5 Å². The van der Waals surface area contributed by atoms with Gasteiger partial charge in [0.25, 0.3) is 0 Å². The number of ether oxygens (including phenoxy) is 1. The quantitative estimate of drug-likeness (QED) is 0.407. The molecule has 2 heterocycles. The summed E-state index contributed by atoms with van der Waals surface area (Å²) in [5.41, 5.74) is 1.75. The molecule has 132 valence electrons. The third kappa shape index (κ3) is 3.99. The van der Waals surface area contributed by atoms with Crippen LogP contribution in [0, 0.1) is 4.77 Å². The van der Waals surface area contributed by atoms with Crippen LogP contribution in [-0.4, -0.2) is 26.1 Å². The van der Waals surface area contributed by atoms with Gasteiger partial charge in [0, 0.05) is 18.0 Å². The van der Waals surface area contributed by atoms with Crippen molar-refractivity contribution < 1.29 is 4.74 Å². The van der Waals surface area contributed by atoms with Crippen molar-refractivity contribution in [1.29, 1.82) is 0 Å². The molecule has 0 spiro atoms. The monoisotopic (exact) mass is 373 g/mol. The van der Waals surface area contributed by atoms with Crippen molar-refractivity contribution in [2.75, 3.05) is 0 Å². The number of nitrogens with one attached hydrogen (secondary N) is 1. The van der Waals surface area contributed by atoms with E-state index in [2.05, 4.69) is 20.3 Å². The molecule has 1 N–H and O–H groups in total. The molecule has 7 heteroatoms. The third-order valence-corrected chi connectivity index (χ3v) is 4.01. The molecule has 2 aromatic carbocycles. The van der Waals surface area contributed by atoms with Gasteiger partial charge in [-0.25, -0.2) is 5.10 Å². The highest BCUT2D eigenvalue weighted by molar-refractivity contribution is 7.71. The average Bonchev–Trinajstić information content (AvgIpc) is 3.09. The fraction of sp³-hybridized carbons (Fsp3) is 0. The average molecular weight is 373 g/mol. The molecule has 4 aromatic rings. The largest absolute Gasteiger partial charge is 0.457 e. The Morgan fingerprint density at radius 1 is 0.963 bits per heavy atom. The lowest BCUT2D eigenvalue weighted by atomic mass is 10.2. The van der Waals surface area contributed by atoms with Gasteiger partial charge < -0.3 is 4.74 Å². The number of hydrogen-bond donors (Lipinski definition) is 1. The summed E-state index contributed by atoms with van der Waals surface area (Å²) in [7, 11) is 0. The maximum absolute atomic E-state index is 5.86. The molecule has 0 saturated carbocycles. The van der Waals surface area contributed by atoms with E-state index >= 15 is 0 Å². The molecule has 0 radical (unpaired) electrons. The summed E-state index contributed by atoms with van der Waals surface area (Å²) in [6.45, 7) is 0. The summed E-state index contributed by atoms with van der Waals surface area (Å²) in [5.74, 6) is 2.13. The topological polar surface area (TPSA) is 68.1 Å². The Labute approximate surface area is 160 Å². The van der Waals surface area contributed by atoms with Gasteiger partial charge in [0.15, 0.2) is 5.82 Å². The molecule has 0 unspecified atom stereocenters. The maximum atomic E-state index is 5.86. The van der Waals surface area contributed by atoms with Gasteiger partial charge in [-0.15, -0.1) is 0 Å². The van der Waals surface area contributed by atoms with Gasteiger partial charge in [-0.1, -0.05) is 30.3 Å². The smallest absolute Gasteiger partial charge is 0.216 e. The van der Waals surface area contributed by atoms with Crippen LogP contribution in [-0.2, 0) is 0 Å². The van der Waals surface area contributed by atoms with Crippen LogP contribution in [0.2, 0.25) is 0 Å². The zero-order valence-electron chi connectivity index (χ0n) is 14.2. The van der Waals surface area contributed by atoms with Crippen LogP contribution in [0.25, 0.3) is 11.4 Å². The Balaban J connectivity index is 1.60. The second-order valence-electron chi connectivity index (χ2n) is 5.63. The second kappa shape index (κ2) is 7.76. The van der Waals surface area contributed by atoms with Crippen molar-refractivity contribution in [3.63, 3.8) is 0 Å². The maximum Gasteiger partial charge on any atom is 0.216 e. The Bertz CT molecular complexity index is 1120. The summed E-state index contributed by atoms with van der Waals surface area (Å²) in [5, 5.41) is 11.5. The molecule has 0 aliphatic rings. The van der Waals surface area contributed by atoms with Crippen LogP contribution >= 0.6 is 12.2 Å². The number of H-pyrrole nitrogens is 1. The van der Waals surface area contributed by atoms with Gasteiger partial charge in [0.2, 0.25) is 4.77 Å². The van der Waals surface area contributed by atoms with E-state index in [4.69, 9.17) is 17.0 Å². The van der Waals surface area contributed by atoms with Crippen molar-refractivity contribution in [3.8, 4) is 22.9 Å². The molecule has 0 amide bonds. The van der Waals surface area contributed by atoms with Gasteiger partial charge >= 0.3 is 0 Å². The lowest BCUT2D eigenvalue weighted by molar-refractivity contribution is 0.482. The lowest BCUT2D eigenvalue weighted by Gasteiger charge is -2.06. The van der Waals surface area contributed by atoms with Crippen LogP contribution < -0.4 is 4.74 Å². The SMILES string of the molecule is S=c1[nH]nc(-c2ccncc2)n1/N=C/c1cccc(Oc2ccccc2)c1. The number of pyridine rings is 1. The highest BCUT2D eigenvalue weighted by Crippen LogP contribution is 2.21. The van der Waals surface area contributed by atoms with Crippen LogP contribution in [0.3, 0.4) is 0 Å². The van der Waals surface area contributed by atoms with Crippen LogP contribution in [0.4, 0.5) is 0 Å². The van der Waals surface area contributed by atoms with E-state index in [9.17, 15) is 0 Å². The number of hydrogen-bond acceptors (Lipinski definition) is 5. The second-order valence-corrected chi connectivity index (χ2v) is 6.02. The van der Waals surface area contributed by atoms with E-state index < -0.39 is 0 Å². The van der Waals surface area contributed by atoms with E-state index in [0.717, 1.165) is 22.6 Å². The minimum atomic E-state index is 0.412. The summed E-state index contributed by atoms with van der Waals surface area (Å²) in [6.07, 6.45) is 5.12. The van der Waals surface area contributed by atoms with Crippen molar-refractivity contribution in [1.82, 2.24) is 19.9 Å². The molecule has 6 nitrogen and oxygen atoms in total. The molecule has 0 aliphatic heterocycles. The van der Waals surface area contributed by atoms with E-state index in [-0.39, 0.29) is 0 Å². The highest BCUT2D eigenvalue weighted by atomic mass is 32.1. The molecule has 0 fully saturated rings. The summed E-state index contributed by atoms with van der Waals surface area (Å²) in [6, 6.07) is 21.0. The predicted molar refractivity (Wildman–Crippen MR) is 107 cm³/mol. The first kappa shape index (κ1) is 16.9. The van der Waals surface area contributed by atoms with E-state index in [1.165, 1.54) is 0 Å². The van der Waals surface area contributed by atoms with Crippen LogP contribution in [0.1, 0.15) is 5.56 Å². The first-order valence-corrected chi connectivity index (χ1v) is 8.65. The number of aromatic nitrogens is 4. The van der Waals surface area contributed by atoms with Crippen LogP contribution in [0.15, 0.2) is 84.2 Å². The standard InChI is InChI=1S/C20H15N5OS/c27-20-24-23-19(16-9-11-21-12-10-16)25(20)22-14-15-5-4-8-18(13-15)26-17-6-2-1-3-7-17/h1-14H,(H,24,27)/b22-14+. The Morgan fingerprint density at radius 2 is 1.74 bits per heavy atom. The molecular weight excluding hydrogens is 358 g/mol. The minimum absolute atomic E-state index is 0.412. The molecule has 0 aliphatic carbocycles. The third-order valence-electron chi connectivity index (χ3n) is 3.75. The Kier molecular flexibility index (Phi) is 4.84. The van der Waals surface area contributed by atoms with E-state index in [0.29, 0.717) is 10.6 Å². The lowest BCUT2D eigenvalue weighted by Crippen LogP contribution is -1.95. The van der Waals surface area contributed by atoms with E-state index in [1.54, 1.807) is 23.3 Å². The van der Waals surface area contributed by atoms with E-state index in [1.807, 2.05) is 66.7 Å². The first-order valence-electron chi connectivity index (χ1n) is 8.25. The number of aromatic amines is 1. The Hall–Kier alpha value is -3.58.